The summed E-state index contributed by atoms with van der Waals surface area (Å²) in [6.45, 7) is 10.8. The quantitative estimate of drug-likeness (QED) is 0.191. The average molecular weight is 483 g/mol. The predicted molar refractivity (Wildman–Crippen MR) is 129 cm³/mol. The molecule has 0 aliphatic carbocycles. The Bertz CT molecular complexity index is 369. The second-order valence-corrected chi connectivity index (χ2v) is 7.46. The number of ether oxygens (including phenoxy) is 3. The zero-order valence-electron chi connectivity index (χ0n) is 21.3. The number of unbranched alkanes of at least 4 members (excludes halogenated alkanes) is 2. The van der Waals surface area contributed by atoms with Gasteiger partial charge in [0.05, 0.1) is 64.7 Å². The molecule has 0 rings (SSSR count). The summed E-state index contributed by atoms with van der Waals surface area (Å²) >= 11 is 0. The molecule has 0 spiro atoms. The van der Waals surface area contributed by atoms with Gasteiger partial charge < -0.3 is 34.6 Å². The monoisotopic (exact) mass is 482 g/mol. The summed E-state index contributed by atoms with van der Waals surface area (Å²) in [4.78, 5) is 20.9. The number of carbonyl (C=O) groups is 2. The molecule has 33 heavy (non-hydrogen) atoms. The number of carboxylic acid groups (broad SMARTS) is 2. The fourth-order valence-electron chi connectivity index (χ4n) is 2.58. The number of aliphatic hydroxyl groups is 2. The second-order valence-electron chi connectivity index (χ2n) is 7.46. The van der Waals surface area contributed by atoms with Gasteiger partial charge in [-0.25, -0.2) is 0 Å². The van der Waals surface area contributed by atoms with Gasteiger partial charge in [0.25, 0.3) is 0 Å². The lowest BCUT2D eigenvalue weighted by Gasteiger charge is -2.06. The topological polar surface area (TPSA) is 143 Å². The summed E-state index contributed by atoms with van der Waals surface area (Å²) in [5.41, 5.74) is 0. The van der Waals surface area contributed by atoms with E-state index in [0.29, 0.717) is 39.6 Å². The first-order valence-corrected chi connectivity index (χ1v) is 12.3. The molecule has 9 heteroatoms. The third kappa shape index (κ3) is 30.7. The van der Waals surface area contributed by atoms with E-state index in [1.807, 2.05) is 13.8 Å². The Morgan fingerprint density at radius 1 is 0.606 bits per heavy atom. The fraction of sp³-hybridized carbons (Fsp3) is 0.917. The minimum Gasteiger partial charge on any atom is -0.481 e. The molecule has 0 saturated carbocycles. The molecule has 0 aromatic rings. The van der Waals surface area contributed by atoms with Crippen molar-refractivity contribution in [3.05, 3.63) is 0 Å². The minimum absolute atomic E-state index is 0.0413. The smallest absolute Gasteiger partial charge is 0.306 e. The van der Waals surface area contributed by atoms with Crippen LogP contribution in [0.4, 0.5) is 0 Å². The molecule has 0 aromatic carbocycles. The first-order chi connectivity index (χ1) is 15.9. The molecule has 0 bridgehead atoms. The van der Waals surface area contributed by atoms with Crippen LogP contribution in [-0.2, 0) is 23.8 Å². The summed E-state index contributed by atoms with van der Waals surface area (Å²) in [5.74, 6) is -1.51. The maximum atomic E-state index is 10.4. The molecule has 2 unspecified atom stereocenters. The van der Waals surface area contributed by atoms with Crippen LogP contribution >= 0.6 is 0 Å². The number of rotatable bonds is 20. The van der Waals surface area contributed by atoms with E-state index < -0.39 is 11.9 Å². The largest absolute Gasteiger partial charge is 0.481 e. The first-order valence-electron chi connectivity index (χ1n) is 12.3. The van der Waals surface area contributed by atoms with Crippen LogP contribution in [0.5, 0.6) is 0 Å². The van der Waals surface area contributed by atoms with E-state index in [2.05, 4.69) is 13.8 Å². The van der Waals surface area contributed by atoms with Gasteiger partial charge in [0.1, 0.15) is 0 Å². The highest BCUT2D eigenvalue weighted by Crippen LogP contribution is 2.12. The van der Waals surface area contributed by atoms with Crippen LogP contribution in [0.1, 0.15) is 79.1 Å². The molecule has 0 aliphatic heterocycles. The summed E-state index contributed by atoms with van der Waals surface area (Å²) in [6, 6.07) is 0. The van der Waals surface area contributed by atoms with E-state index in [0.717, 1.165) is 51.4 Å². The van der Waals surface area contributed by atoms with Gasteiger partial charge in [-0.3, -0.25) is 9.59 Å². The maximum Gasteiger partial charge on any atom is 0.306 e. The summed E-state index contributed by atoms with van der Waals surface area (Å²) < 4.78 is 15.0. The van der Waals surface area contributed by atoms with Crippen LogP contribution in [0.15, 0.2) is 0 Å². The average Bonchev–Trinajstić information content (AvgIpc) is 2.79. The van der Waals surface area contributed by atoms with Crippen molar-refractivity contribution in [2.45, 2.75) is 79.1 Å². The van der Waals surface area contributed by atoms with Crippen molar-refractivity contribution in [3.8, 4) is 0 Å². The Balaban J connectivity index is -0.000000415. The third-order valence-electron chi connectivity index (χ3n) is 4.71. The van der Waals surface area contributed by atoms with Crippen LogP contribution in [0, 0.1) is 11.8 Å². The SMILES string of the molecule is CCCCC(CC)C(=O)O.CCCCC(CC)C(=O)O.OCCOCCOCCOCCO. The second kappa shape index (κ2) is 30.7. The molecule has 0 radical (unpaired) electrons. The Hall–Kier alpha value is -1.26. The lowest BCUT2D eigenvalue weighted by atomic mass is 10.00. The Labute approximate surface area is 200 Å². The van der Waals surface area contributed by atoms with Gasteiger partial charge in [-0.15, -0.1) is 0 Å². The maximum absolute atomic E-state index is 10.4. The van der Waals surface area contributed by atoms with E-state index in [9.17, 15) is 9.59 Å². The van der Waals surface area contributed by atoms with Crippen molar-refractivity contribution < 1.29 is 44.2 Å². The number of hydrogen-bond donors (Lipinski definition) is 4. The zero-order valence-corrected chi connectivity index (χ0v) is 21.3. The van der Waals surface area contributed by atoms with Gasteiger partial charge in [-0.05, 0) is 25.7 Å². The van der Waals surface area contributed by atoms with E-state index >= 15 is 0 Å². The van der Waals surface area contributed by atoms with Crippen LogP contribution < -0.4 is 0 Å². The summed E-state index contributed by atoms with van der Waals surface area (Å²) in [7, 11) is 0. The molecular formula is C24H50O9. The van der Waals surface area contributed by atoms with Gasteiger partial charge >= 0.3 is 11.9 Å². The Kier molecular flexibility index (Phi) is 33.8. The molecule has 9 nitrogen and oxygen atoms in total. The van der Waals surface area contributed by atoms with Crippen molar-refractivity contribution >= 4 is 11.9 Å². The lowest BCUT2D eigenvalue weighted by Crippen LogP contribution is -2.11. The van der Waals surface area contributed by atoms with E-state index in [4.69, 9.17) is 34.6 Å². The van der Waals surface area contributed by atoms with E-state index in [1.165, 1.54) is 0 Å². The summed E-state index contributed by atoms with van der Waals surface area (Å²) in [5, 5.41) is 33.9. The van der Waals surface area contributed by atoms with Crippen LogP contribution in [0.25, 0.3) is 0 Å². The Morgan fingerprint density at radius 2 is 0.909 bits per heavy atom. The third-order valence-corrected chi connectivity index (χ3v) is 4.71. The number of hydrogen-bond acceptors (Lipinski definition) is 7. The van der Waals surface area contributed by atoms with Crippen LogP contribution in [-0.4, -0.2) is 85.2 Å². The molecule has 0 saturated heterocycles. The molecule has 0 aromatic heterocycles. The minimum atomic E-state index is -0.643. The van der Waals surface area contributed by atoms with Crippen molar-refractivity contribution in [1.29, 1.82) is 0 Å². The molecule has 0 fully saturated rings. The Morgan fingerprint density at radius 3 is 1.12 bits per heavy atom. The molecule has 0 aliphatic rings. The van der Waals surface area contributed by atoms with Crippen molar-refractivity contribution in [1.82, 2.24) is 0 Å². The molecule has 200 valence electrons. The first kappa shape index (κ1) is 36.3. The van der Waals surface area contributed by atoms with Crippen molar-refractivity contribution in [2.75, 3.05) is 52.9 Å². The highest BCUT2D eigenvalue weighted by atomic mass is 16.5. The molecule has 0 amide bonds. The molecule has 4 N–H and O–H groups in total. The van der Waals surface area contributed by atoms with Gasteiger partial charge in [0, 0.05) is 0 Å². The lowest BCUT2D eigenvalue weighted by molar-refractivity contribution is -0.143. The summed E-state index contributed by atoms with van der Waals surface area (Å²) in [6.07, 6.45) is 7.43. The van der Waals surface area contributed by atoms with Gasteiger partial charge in [-0.1, -0.05) is 53.4 Å². The van der Waals surface area contributed by atoms with Crippen molar-refractivity contribution in [2.24, 2.45) is 11.8 Å². The molecular weight excluding hydrogens is 432 g/mol. The number of carboxylic acids is 2. The van der Waals surface area contributed by atoms with Crippen LogP contribution in [0.3, 0.4) is 0 Å². The zero-order chi connectivity index (χ0) is 25.7. The highest BCUT2D eigenvalue weighted by Gasteiger charge is 2.13. The standard InChI is InChI=1S/C8H18O5.2C8H16O2/c9-1-3-11-5-7-13-8-6-12-4-2-10;2*1-3-5-6-7(4-2)8(9)10/h9-10H,1-8H2;2*7H,3-6H2,1-2H3,(H,9,10). The normalized spacial score (nSPS) is 12.1. The van der Waals surface area contributed by atoms with E-state index in [1.54, 1.807) is 0 Å². The van der Waals surface area contributed by atoms with Gasteiger partial charge in [0.15, 0.2) is 0 Å². The van der Waals surface area contributed by atoms with Crippen LogP contribution in [0.2, 0.25) is 0 Å². The molecule has 2 atom stereocenters. The van der Waals surface area contributed by atoms with Gasteiger partial charge in [0.2, 0.25) is 0 Å². The molecule has 0 heterocycles. The number of aliphatic hydroxyl groups excluding tert-OH is 2. The predicted octanol–water partition coefficient (Wildman–Crippen LogP) is 3.60. The van der Waals surface area contributed by atoms with E-state index in [-0.39, 0.29) is 25.0 Å². The highest BCUT2D eigenvalue weighted by molar-refractivity contribution is 5.70. The van der Waals surface area contributed by atoms with Crippen molar-refractivity contribution in [3.63, 3.8) is 0 Å². The fourth-order valence-corrected chi connectivity index (χ4v) is 2.58. The van der Waals surface area contributed by atoms with Gasteiger partial charge in [-0.2, -0.15) is 0 Å². The number of aliphatic carboxylic acids is 2.